The first kappa shape index (κ1) is 17.5. The van der Waals surface area contributed by atoms with E-state index in [0.29, 0.717) is 18.2 Å². The quantitative estimate of drug-likeness (QED) is 0.623. The highest BCUT2D eigenvalue weighted by molar-refractivity contribution is 5.99. The van der Waals surface area contributed by atoms with Crippen molar-refractivity contribution in [1.29, 1.82) is 0 Å². The van der Waals surface area contributed by atoms with E-state index in [9.17, 15) is 9.59 Å². The number of hydrogen-bond acceptors (Lipinski definition) is 4. The summed E-state index contributed by atoms with van der Waals surface area (Å²) in [4.78, 5) is 24.3. The van der Waals surface area contributed by atoms with Gasteiger partial charge in [0.1, 0.15) is 6.61 Å². The fourth-order valence-electron chi connectivity index (χ4n) is 3.60. The molecule has 1 heterocycles. The molecule has 0 aromatic heterocycles. The van der Waals surface area contributed by atoms with Crippen molar-refractivity contribution in [3.63, 3.8) is 0 Å². The Hall–Kier alpha value is -2.34. The molecule has 6 heteroatoms. The summed E-state index contributed by atoms with van der Waals surface area (Å²) >= 11 is 0. The van der Waals surface area contributed by atoms with Crippen molar-refractivity contribution >= 4 is 11.8 Å². The normalized spacial score (nSPS) is 19.5. The maximum absolute atomic E-state index is 12.5. The Balaban J connectivity index is 1.90. The molecule has 0 saturated heterocycles. The topological polar surface area (TPSA) is 90.5 Å². The number of carbonyl (C=O) groups is 2. The van der Waals surface area contributed by atoms with Gasteiger partial charge in [0.05, 0.1) is 18.2 Å². The molecule has 0 unspecified atom stereocenters. The van der Waals surface area contributed by atoms with Crippen LogP contribution in [0.3, 0.4) is 0 Å². The molecule has 3 rings (SSSR count). The predicted octanol–water partition coefficient (Wildman–Crippen LogP) is 1.14. The molecule has 1 aromatic carbocycles. The summed E-state index contributed by atoms with van der Waals surface area (Å²) in [6, 6.07) is 9.17. The van der Waals surface area contributed by atoms with Gasteiger partial charge in [0, 0.05) is 11.7 Å². The molecule has 1 fully saturated rings. The van der Waals surface area contributed by atoms with Crippen molar-refractivity contribution in [2.75, 3.05) is 13.2 Å². The van der Waals surface area contributed by atoms with Gasteiger partial charge in [-0.15, -0.1) is 0 Å². The van der Waals surface area contributed by atoms with E-state index in [2.05, 4.69) is 16.0 Å². The van der Waals surface area contributed by atoms with Gasteiger partial charge in [0.15, 0.2) is 0 Å². The van der Waals surface area contributed by atoms with Crippen molar-refractivity contribution < 1.29 is 14.7 Å². The molecule has 25 heavy (non-hydrogen) atoms. The number of aliphatic hydroxyl groups excluding tert-OH is 1. The third kappa shape index (κ3) is 4.20. The molecule has 1 aromatic rings. The van der Waals surface area contributed by atoms with Crippen molar-refractivity contribution in [3.05, 3.63) is 47.2 Å². The summed E-state index contributed by atoms with van der Waals surface area (Å²) in [6.07, 6.45) is 5.87. The molecule has 2 aliphatic rings. The van der Waals surface area contributed by atoms with Crippen LogP contribution in [-0.4, -0.2) is 36.1 Å². The number of hydrogen-bond donors (Lipinski definition) is 4. The molecular weight excluding hydrogens is 318 g/mol. The highest BCUT2D eigenvalue weighted by Crippen LogP contribution is 2.28. The van der Waals surface area contributed by atoms with Crippen LogP contribution in [0.4, 0.5) is 0 Å². The van der Waals surface area contributed by atoms with E-state index in [-0.39, 0.29) is 5.91 Å². The van der Waals surface area contributed by atoms with Crippen molar-refractivity contribution in [3.8, 4) is 0 Å². The summed E-state index contributed by atoms with van der Waals surface area (Å²) in [5, 5.41) is 18.3. The molecule has 134 valence electrons. The first-order valence-electron chi connectivity index (χ1n) is 8.92. The Bertz CT molecular complexity index is 651. The zero-order chi connectivity index (χ0) is 17.6. The predicted molar refractivity (Wildman–Crippen MR) is 94.5 cm³/mol. The Kier molecular flexibility index (Phi) is 5.71. The SMILES string of the molecule is O=C(CO)N[C@@H](C1=C(NC2CCCCC2)CNC1=O)c1ccccc1. The van der Waals surface area contributed by atoms with Gasteiger partial charge >= 0.3 is 0 Å². The fraction of sp³-hybridized carbons (Fsp3) is 0.474. The molecule has 1 saturated carbocycles. The number of amides is 2. The zero-order valence-electron chi connectivity index (χ0n) is 14.3. The minimum atomic E-state index is -0.608. The monoisotopic (exact) mass is 343 g/mol. The molecule has 0 spiro atoms. The fourth-order valence-corrected chi connectivity index (χ4v) is 3.60. The molecule has 0 bridgehead atoms. The highest BCUT2D eigenvalue weighted by Gasteiger charge is 2.32. The average Bonchev–Trinajstić information content (AvgIpc) is 3.01. The van der Waals surface area contributed by atoms with Crippen LogP contribution in [0.15, 0.2) is 41.6 Å². The lowest BCUT2D eigenvalue weighted by molar-refractivity contribution is -0.124. The van der Waals surface area contributed by atoms with Crippen LogP contribution in [0.2, 0.25) is 0 Å². The zero-order valence-corrected chi connectivity index (χ0v) is 14.3. The van der Waals surface area contributed by atoms with Crippen LogP contribution < -0.4 is 16.0 Å². The minimum Gasteiger partial charge on any atom is -0.387 e. The second kappa shape index (κ2) is 8.16. The Morgan fingerprint density at radius 1 is 1.20 bits per heavy atom. The standard InChI is InChI=1S/C19H25N3O3/c23-12-16(24)22-18(13-7-3-1-4-8-13)17-15(11-20-19(17)25)21-14-9-5-2-6-10-14/h1,3-4,7-8,14,18,21,23H,2,5-6,9-12H2,(H,20,25)(H,22,24)/t18-/m1/s1. The number of rotatable bonds is 6. The van der Waals surface area contributed by atoms with Gasteiger partial charge < -0.3 is 21.1 Å². The van der Waals surface area contributed by atoms with Crippen LogP contribution >= 0.6 is 0 Å². The summed E-state index contributed by atoms with van der Waals surface area (Å²) in [7, 11) is 0. The van der Waals surface area contributed by atoms with Gasteiger partial charge in [0.2, 0.25) is 5.91 Å². The Morgan fingerprint density at radius 2 is 1.92 bits per heavy atom. The second-order valence-corrected chi connectivity index (χ2v) is 6.62. The van der Waals surface area contributed by atoms with Gasteiger partial charge in [0.25, 0.3) is 5.91 Å². The third-order valence-electron chi connectivity index (χ3n) is 4.85. The van der Waals surface area contributed by atoms with Crippen LogP contribution in [0.25, 0.3) is 0 Å². The van der Waals surface area contributed by atoms with Gasteiger partial charge in [-0.3, -0.25) is 9.59 Å². The van der Waals surface area contributed by atoms with E-state index in [4.69, 9.17) is 5.11 Å². The lowest BCUT2D eigenvalue weighted by Gasteiger charge is -2.26. The Labute approximate surface area is 147 Å². The van der Waals surface area contributed by atoms with Crippen molar-refractivity contribution in [2.45, 2.75) is 44.2 Å². The molecule has 1 aliphatic heterocycles. The molecule has 6 nitrogen and oxygen atoms in total. The van der Waals surface area contributed by atoms with E-state index in [1.807, 2.05) is 30.3 Å². The van der Waals surface area contributed by atoms with E-state index in [1.54, 1.807) is 0 Å². The second-order valence-electron chi connectivity index (χ2n) is 6.62. The molecule has 2 amide bonds. The number of aliphatic hydroxyl groups is 1. The third-order valence-corrected chi connectivity index (χ3v) is 4.85. The highest BCUT2D eigenvalue weighted by atomic mass is 16.3. The van der Waals surface area contributed by atoms with Crippen molar-refractivity contribution in [1.82, 2.24) is 16.0 Å². The first-order chi connectivity index (χ1) is 12.2. The number of carbonyl (C=O) groups excluding carboxylic acids is 2. The number of nitrogens with one attached hydrogen (secondary N) is 3. The summed E-state index contributed by atoms with van der Waals surface area (Å²) in [5.74, 6) is -0.677. The van der Waals surface area contributed by atoms with Gasteiger partial charge in [-0.25, -0.2) is 0 Å². The molecule has 1 atom stereocenters. The van der Waals surface area contributed by atoms with E-state index < -0.39 is 18.6 Å². The largest absolute Gasteiger partial charge is 0.387 e. The van der Waals surface area contributed by atoms with Gasteiger partial charge in [-0.1, -0.05) is 49.6 Å². The molecule has 1 aliphatic carbocycles. The molecular formula is C19H25N3O3. The van der Waals surface area contributed by atoms with E-state index in [1.165, 1.54) is 19.3 Å². The van der Waals surface area contributed by atoms with Crippen LogP contribution in [0.1, 0.15) is 43.7 Å². The van der Waals surface area contributed by atoms with Crippen LogP contribution in [0.5, 0.6) is 0 Å². The average molecular weight is 343 g/mol. The lowest BCUT2D eigenvalue weighted by Crippen LogP contribution is -2.36. The molecule has 0 radical (unpaired) electrons. The van der Waals surface area contributed by atoms with Crippen LogP contribution in [-0.2, 0) is 9.59 Å². The summed E-state index contributed by atoms with van der Waals surface area (Å²) < 4.78 is 0. The maximum atomic E-state index is 12.5. The summed E-state index contributed by atoms with van der Waals surface area (Å²) in [5.41, 5.74) is 2.21. The van der Waals surface area contributed by atoms with Crippen LogP contribution in [0, 0.1) is 0 Å². The van der Waals surface area contributed by atoms with Crippen molar-refractivity contribution in [2.24, 2.45) is 0 Å². The van der Waals surface area contributed by atoms with E-state index >= 15 is 0 Å². The smallest absolute Gasteiger partial charge is 0.251 e. The van der Waals surface area contributed by atoms with Gasteiger partial charge in [-0.2, -0.15) is 0 Å². The number of benzene rings is 1. The lowest BCUT2D eigenvalue weighted by atomic mass is 9.94. The minimum absolute atomic E-state index is 0.176. The van der Waals surface area contributed by atoms with E-state index in [0.717, 1.165) is 24.1 Å². The first-order valence-corrected chi connectivity index (χ1v) is 8.92. The molecule has 4 N–H and O–H groups in total. The van der Waals surface area contributed by atoms with Gasteiger partial charge in [-0.05, 0) is 18.4 Å². The Morgan fingerprint density at radius 3 is 2.60 bits per heavy atom. The maximum Gasteiger partial charge on any atom is 0.251 e. The summed E-state index contributed by atoms with van der Waals surface area (Å²) in [6.45, 7) is -0.160.